The Balaban J connectivity index is 1.72. The minimum atomic E-state index is -3.56. The van der Waals surface area contributed by atoms with Crippen molar-refractivity contribution in [3.8, 4) is 11.5 Å². The zero-order chi connectivity index (χ0) is 17.9. The van der Waals surface area contributed by atoms with Gasteiger partial charge in [0.05, 0.1) is 14.2 Å². The van der Waals surface area contributed by atoms with Crippen LogP contribution in [-0.2, 0) is 10.0 Å². The molecule has 1 aliphatic heterocycles. The summed E-state index contributed by atoms with van der Waals surface area (Å²) < 4.78 is 37.7. The SMILES string of the molecule is COc1ccc(N2CCN(S(=O)(=O)c3ccccc3OC)CC2)cc1. The maximum Gasteiger partial charge on any atom is 0.246 e. The molecule has 25 heavy (non-hydrogen) atoms. The third kappa shape index (κ3) is 3.57. The summed E-state index contributed by atoms with van der Waals surface area (Å²) in [6.07, 6.45) is 0. The maximum absolute atomic E-state index is 12.9. The predicted molar refractivity (Wildman–Crippen MR) is 97.0 cm³/mol. The summed E-state index contributed by atoms with van der Waals surface area (Å²) >= 11 is 0. The van der Waals surface area contributed by atoms with Crippen molar-refractivity contribution in [2.75, 3.05) is 45.3 Å². The molecule has 3 rings (SSSR count). The first kappa shape index (κ1) is 17.6. The molecule has 1 heterocycles. The average molecular weight is 362 g/mol. The highest BCUT2D eigenvalue weighted by molar-refractivity contribution is 7.89. The smallest absolute Gasteiger partial charge is 0.246 e. The van der Waals surface area contributed by atoms with Crippen molar-refractivity contribution in [1.82, 2.24) is 4.31 Å². The van der Waals surface area contributed by atoms with Crippen molar-refractivity contribution < 1.29 is 17.9 Å². The van der Waals surface area contributed by atoms with Crippen LogP contribution in [0.1, 0.15) is 0 Å². The van der Waals surface area contributed by atoms with Crippen LogP contribution in [0.3, 0.4) is 0 Å². The van der Waals surface area contributed by atoms with Crippen LogP contribution in [0.4, 0.5) is 5.69 Å². The van der Waals surface area contributed by atoms with Gasteiger partial charge in [0.25, 0.3) is 0 Å². The quantitative estimate of drug-likeness (QED) is 0.816. The zero-order valence-corrected chi connectivity index (χ0v) is 15.2. The van der Waals surface area contributed by atoms with Gasteiger partial charge in [-0.1, -0.05) is 12.1 Å². The van der Waals surface area contributed by atoms with Crippen LogP contribution >= 0.6 is 0 Å². The molecule has 0 aliphatic carbocycles. The van der Waals surface area contributed by atoms with E-state index in [0.717, 1.165) is 11.4 Å². The summed E-state index contributed by atoms with van der Waals surface area (Å²) in [6, 6.07) is 14.5. The molecule has 0 unspecified atom stereocenters. The van der Waals surface area contributed by atoms with Gasteiger partial charge in [0.15, 0.2) is 0 Å². The second-order valence-corrected chi connectivity index (χ2v) is 7.65. The van der Waals surface area contributed by atoms with Gasteiger partial charge in [-0.3, -0.25) is 0 Å². The highest BCUT2D eigenvalue weighted by Crippen LogP contribution is 2.28. The molecule has 1 aliphatic rings. The van der Waals surface area contributed by atoms with E-state index >= 15 is 0 Å². The van der Waals surface area contributed by atoms with E-state index in [2.05, 4.69) is 4.90 Å². The Bertz CT molecular complexity index is 813. The minimum Gasteiger partial charge on any atom is -0.497 e. The van der Waals surface area contributed by atoms with Gasteiger partial charge >= 0.3 is 0 Å². The molecule has 0 spiro atoms. The Morgan fingerprint density at radius 1 is 0.840 bits per heavy atom. The van der Waals surface area contributed by atoms with Crippen LogP contribution in [0.15, 0.2) is 53.4 Å². The third-order valence-electron chi connectivity index (χ3n) is 4.36. The second kappa shape index (κ2) is 7.33. The Kier molecular flexibility index (Phi) is 5.15. The number of anilines is 1. The lowest BCUT2D eigenvalue weighted by Gasteiger charge is -2.35. The van der Waals surface area contributed by atoms with E-state index in [9.17, 15) is 8.42 Å². The average Bonchev–Trinajstić information content (AvgIpc) is 2.68. The van der Waals surface area contributed by atoms with E-state index in [1.165, 1.54) is 11.4 Å². The fourth-order valence-electron chi connectivity index (χ4n) is 2.95. The first-order chi connectivity index (χ1) is 12.1. The fourth-order valence-corrected chi connectivity index (χ4v) is 4.53. The van der Waals surface area contributed by atoms with Gasteiger partial charge in [-0.25, -0.2) is 8.42 Å². The van der Waals surface area contributed by atoms with Crippen LogP contribution in [0, 0.1) is 0 Å². The number of para-hydroxylation sites is 1. The first-order valence-corrected chi connectivity index (χ1v) is 9.52. The Morgan fingerprint density at radius 3 is 2.08 bits per heavy atom. The molecule has 0 saturated carbocycles. The molecule has 0 N–H and O–H groups in total. The molecule has 2 aromatic rings. The summed E-state index contributed by atoms with van der Waals surface area (Å²) in [5.74, 6) is 1.18. The Labute approximate surface area is 148 Å². The van der Waals surface area contributed by atoms with E-state index in [0.29, 0.717) is 31.9 Å². The van der Waals surface area contributed by atoms with E-state index in [-0.39, 0.29) is 4.90 Å². The highest BCUT2D eigenvalue weighted by Gasteiger charge is 2.30. The molecule has 0 aromatic heterocycles. The Morgan fingerprint density at radius 2 is 1.48 bits per heavy atom. The lowest BCUT2D eigenvalue weighted by atomic mass is 10.2. The molecule has 1 fully saturated rings. The number of piperazine rings is 1. The number of ether oxygens (including phenoxy) is 2. The molecular formula is C18H22N2O4S. The summed E-state index contributed by atoms with van der Waals surface area (Å²) in [4.78, 5) is 2.39. The maximum atomic E-state index is 12.9. The van der Waals surface area contributed by atoms with Crippen LogP contribution in [0.2, 0.25) is 0 Å². The number of hydrogen-bond donors (Lipinski definition) is 0. The number of rotatable bonds is 5. The second-order valence-electron chi connectivity index (χ2n) is 5.74. The van der Waals surface area contributed by atoms with Gasteiger partial charge in [-0.2, -0.15) is 4.31 Å². The van der Waals surface area contributed by atoms with Crippen molar-refractivity contribution in [3.05, 3.63) is 48.5 Å². The fraction of sp³-hybridized carbons (Fsp3) is 0.333. The van der Waals surface area contributed by atoms with E-state index < -0.39 is 10.0 Å². The molecule has 0 atom stereocenters. The van der Waals surface area contributed by atoms with E-state index in [4.69, 9.17) is 9.47 Å². The standard InChI is InChI=1S/C18H22N2O4S/c1-23-16-9-7-15(8-10-16)19-11-13-20(14-12-19)25(21,22)18-6-4-3-5-17(18)24-2/h3-10H,11-14H2,1-2H3. The zero-order valence-electron chi connectivity index (χ0n) is 14.4. The number of nitrogens with zero attached hydrogens (tertiary/aromatic N) is 2. The molecule has 0 radical (unpaired) electrons. The van der Waals surface area contributed by atoms with Gasteiger partial charge in [-0.15, -0.1) is 0 Å². The predicted octanol–water partition coefficient (Wildman–Crippen LogP) is 2.21. The summed E-state index contributed by atoms with van der Waals surface area (Å²) in [5.41, 5.74) is 1.06. The van der Waals surface area contributed by atoms with E-state index in [1.54, 1.807) is 31.4 Å². The molecule has 0 bridgehead atoms. The monoisotopic (exact) mass is 362 g/mol. The topological polar surface area (TPSA) is 59.1 Å². The summed E-state index contributed by atoms with van der Waals surface area (Å²) in [5, 5.41) is 0. The molecular weight excluding hydrogens is 340 g/mol. The molecule has 0 amide bonds. The largest absolute Gasteiger partial charge is 0.497 e. The molecule has 134 valence electrons. The van der Waals surface area contributed by atoms with Gasteiger partial charge in [0.1, 0.15) is 16.4 Å². The third-order valence-corrected chi connectivity index (χ3v) is 6.30. The molecule has 1 saturated heterocycles. The van der Waals surface area contributed by atoms with Gasteiger partial charge in [0.2, 0.25) is 10.0 Å². The highest BCUT2D eigenvalue weighted by atomic mass is 32.2. The van der Waals surface area contributed by atoms with Crippen molar-refractivity contribution in [2.45, 2.75) is 4.90 Å². The van der Waals surface area contributed by atoms with Gasteiger partial charge < -0.3 is 14.4 Å². The Hall–Kier alpha value is -2.25. The van der Waals surface area contributed by atoms with Gasteiger partial charge in [0, 0.05) is 31.9 Å². The molecule has 2 aromatic carbocycles. The van der Waals surface area contributed by atoms with Crippen LogP contribution in [0.25, 0.3) is 0 Å². The van der Waals surface area contributed by atoms with Crippen LogP contribution in [-0.4, -0.2) is 53.1 Å². The number of benzene rings is 2. The van der Waals surface area contributed by atoms with Crippen molar-refractivity contribution in [3.63, 3.8) is 0 Å². The number of methoxy groups -OCH3 is 2. The lowest BCUT2D eigenvalue weighted by molar-refractivity contribution is 0.374. The minimum absolute atomic E-state index is 0.218. The molecule has 7 heteroatoms. The van der Waals surface area contributed by atoms with E-state index in [1.807, 2.05) is 24.3 Å². The van der Waals surface area contributed by atoms with Crippen molar-refractivity contribution in [2.24, 2.45) is 0 Å². The first-order valence-electron chi connectivity index (χ1n) is 8.08. The van der Waals surface area contributed by atoms with Gasteiger partial charge in [-0.05, 0) is 36.4 Å². The number of sulfonamides is 1. The van der Waals surface area contributed by atoms with Crippen LogP contribution < -0.4 is 14.4 Å². The normalized spacial score (nSPS) is 15.8. The number of hydrogen-bond acceptors (Lipinski definition) is 5. The van der Waals surface area contributed by atoms with Crippen molar-refractivity contribution >= 4 is 15.7 Å². The van der Waals surface area contributed by atoms with Crippen LogP contribution in [0.5, 0.6) is 11.5 Å². The molecule has 6 nitrogen and oxygen atoms in total. The lowest BCUT2D eigenvalue weighted by Crippen LogP contribution is -2.48. The van der Waals surface area contributed by atoms with Crippen molar-refractivity contribution in [1.29, 1.82) is 0 Å². The summed E-state index contributed by atoms with van der Waals surface area (Å²) in [6.45, 7) is 2.15. The summed E-state index contributed by atoms with van der Waals surface area (Å²) in [7, 11) is -0.442.